The van der Waals surface area contributed by atoms with Gasteiger partial charge in [-0.25, -0.2) is 0 Å². The first-order valence-corrected chi connectivity index (χ1v) is 12.7. The van der Waals surface area contributed by atoms with Gasteiger partial charge in [-0.05, 0) is 23.0 Å². The Kier molecular flexibility index (Phi) is 3.43. The van der Waals surface area contributed by atoms with E-state index in [0.717, 1.165) is 0 Å². The SMILES string of the molecule is C/C(=C1/C[Si]1(C(C)(C)C)C(C)(C)C)[Si](C)(C)C. The maximum Gasteiger partial charge on any atom is 0.0947 e. The van der Waals surface area contributed by atoms with E-state index < -0.39 is 16.1 Å². The number of hydrogen-bond acceptors (Lipinski definition) is 0. The summed E-state index contributed by atoms with van der Waals surface area (Å²) in [5.74, 6) is 0. The fourth-order valence-electron chi connectivity index (χ4n) is 3.69. The molecule has 0 spiro atoms. The summed E-state index contributed by atoms with van der Waals surface area (Å²) in [4.78, 5) is 0. The molecule has 0 aliphatic carbocycles. The lowest BCUT2D eigenvalue weighted by molar-refractivity contribution is 0.641. The molecule has 1 heterocycles. The Morgan fingerprint density at radius 2 is 1.29 bits per heavy atom. The molecule has 0 bridgehead atoms. The standard InChI is InChI=1S/C15H32Si2/c1-12(16(8,9)10)13-11-17(13,14(2,3)4)15(5,6)7/h11H2,1-10H3/b13-12+. The van der Waals surface area contributed by atoms with Gasteiger partial charge in [-0.15, -0.1) is 0 Å². The summed E-state index contributed by atoms with van der Waals surface area (Å²) >= 11 is 0. The van der Waals surface area contributed by atoms with Crippen molar-refractivity contribution in [3.05, 3.63) is 10.4 Å². The van der Waals surface area contributed by atoms with Gasteiger partial charge in [0.1, 0.15) is 0 Å². The van der Waals surface area contributed by atoms with Crippen LogP contribution in [0.5, 0.6) is 0 Å². The van der Waals surface area contributed by atoms with Crippen LogP contribution in [-0.2, 0) is 0 Å². The van der Waals surface area contributed by atoms with Crippen molar-refractivity contribution in [2.24, 2.45) is 0 Å². The van der Waals surface area contributed by atoms with Crippen molar-refractivity contribution in [2.75, 3.05) is 0 Å². The Balaban J connectivity index is 3.31. The maximum atomic E-state index is 2.50. The second kappa shape index (κ2) is 3.83. The molecule has 2 heteroatoms. The molecular formula is C15H32Si2. The minimum Gasteiger partial charge on any atom is -0.0888 e. The Bertz CT molecular complexity index is 329. The van der Waals surface area contributed by atoms with Crippen LogP contribution in [0.2, 0.25) is 35.8 Å². The number of allylic oxidation sites excluding steroid dienone is 2. The molecule has 0 nitrogen and oxygen atoms in total. The van der Waals surface area contributed by atoms with Crippen LogP contribution in [-0.4, -0.2) is 16.1 Å². The smallest absolute Gasteiger partial charge is 0.0888 e. The second-order valence-corrected chi connectivity index (χ2v) is 20.0. The van der Waals surface area contributed by atoms with Crippen LogP contribution in [0.3, 0.4) is 0 Å². The first-order chi connectivity index (χ1) is 7.25. The summed E-state index contributed by atoms with van der Waals surface area (Å²) in [6.07, 6.45) is 0. The molecular weight excluding hydrogens is 236 g/mol. The summed E-state index contributed by atoms with van der Waals surface area (Å²) in [6, 6.07) is 1.47. The molecule has 1 aliphatic heterocycles. The molecule has 0 radical (unpaired) electrons. The quantitative estimate of drug-likeness (QED) is 0.529. The fraction of sp³-hybridized carbons (Fsp3) is 0.867. The molecule has 0 aromatic rings. The van der Waals surface area contributed by atoms with Gasteiger partial charge >= 0.3 is 0 Å². The minimum atomic E-state index is -1.24. The molecule has 17 heavy (non-hydrogen) atoms. The molecule has 1 saturated heterocycles. The van der Waals surface area contributed by atoms with Gasteiger partial charge in [-0.2, -0.15) is 0 Å². The highest BCUT2D eigenvalue weighted by Crippen LogP contribution is 2.69. The topological polar surface area (TPSA) is 0 Å². The Hall–Kier alpha value is 0.174. The third-order valence-electron chi connectivity index (χ3n) is 4.97. The lowest BCUT2D eigenvalue weighted by Gasteiger charge is -2.40. The molecule has 0 atom stereocenters. The second-order valence-electron chi connectivity index (χ2n) is 8.94. The first kappa shape index (κ1) is 15.2. The van der Waals surface area contributed by atoms with Gasteiger partial charge in [0.15, 0.2) is 0 Å². The Morgan fingerprint density at radius 3 is 1.47 bits per heavy atom. The highest BCUT2D eigenvalue weighted by molar-refractivity contribution is 7.04. The van der Waals surface area contributed by atoms with E-state index in [1.165, 1.54) is 6.04 Å². The zero-order valence-electron chi connectivity index (χ0n) is 13.7. The highest BCUT2D eigenvalue weighted by Gasteiger charge is 2.65. The van der Waals surface area contributed by atoms with Crippen LogP contribution in [0.15, 0.2) is 10.4 Å². The van der Waals surface area contributed by atoms with Crippen molar-refractivity contribution >= 4 is 16.1 Å². The fourth-order valence-corrected chi connectivity index (χ4v) is 13.6. The zero-order chi connectivity index (χ0) is 13.9. The van der Waals surface area contributed by atoms with Crippen LogP contribution in [0.4, 0.5) is 0 Å². The average molecular weight is 269 g/mol. The van der Waals surface area contributed by atoms with Gasteiger partial charge in [-0.1, -0.05) is 71.6 Å². The van der Waals surface area contributed by atoms with E-state index in [1.807, 2.05) is 10.4 Å². The largest absolute Gasteiger partial charge is 0.0947 e. The van der Waals surface area contributed by atoms with Crippen LogP contribution in [0.1, 0.15) is 48.5 Å². The van der Waals surface area contributed by atoms with E-state index in [9.17, 15) is 0 Å². The van der Waals surface area contributed by atoms with E-state index in [0.29, 0.717) is 10.1 Å². The van der Waals surface area contributed by atoms with Crippen LogP contribution in [0, 0.1) is 0 Å². The predicted octanol–water partition coefficient (Wildman–Crippen LogP) is 5.78. The lowest BCUT2D eigenvalue weighted by atomic mass is 10.2. The van der Waals surface area contributed by atoms with Gasteiger partial charge in [0.25, 0.3) is 0 Å². The predicted molar refractivity (Wildman–Crippen MR) is 86.0 cm³/mol. The van der Waals surface area contributed by atoms with E-state index in [4.69, 9.17) is 0 Å². The summed E-state index contributed by atoms with van der Waals surface area (Å²) in [5.41, 5.74) is 0. The molecule has 0 saturated carbocycles. The van der Waals surface area contributed by atoms with Crippen molar-refractivity contribution in [1.82, 2.24) is 0 Å². The summed E-state index contributed by atoms with van der Waals surface area (Å²) in [5, 5.41) is 4.77. The average Bonchev–Trinajstić information content (AvgIpc) is 2.72. The molecule has 0 unspecified atom stereocenters. The van der Waals surface area contributed by atoms with Crippen molar-refractivity contribution in [2.45, 2.75) is 84.2 Å². The van der Waals surface area contributed by atoms with Crippen LogP contribution in [0.25, 0.3) is 0 Å². The summed E-state index contributed by atoms with van der Waals surface area (Å²) in [7, 11) is -2.34. The Morgan fingerprint density at radius 1 is 0.941 bits per heavy atom. The molecule has 100 valence electrons. The first-order valence-electron chi connectivity index (χ1n) is 6.96. The van der Waals surface area contributed by atoms with Gasteiger partial charge in [0, 0.05) is 0 Å². The van der Waals surface area contributed by atoms with Gasteiger partial charge in [0.2, 0.25) is 0 Å². The summed E-state index contributed by atoms with van der Waals surface area (Å²) < 4.78 is 0. The molecule has 1 rings (SSSR count). The third kappa shape index (κ3) is 2.35. The number of hydrogen-bond donors (Lipinski definition) is 0. The number of rotatable bonds is 1. The van der Waals surface area contributed by atoms with E-state index in [1.54, 1.807) is 0 Å². The zero-order valence-corrected chi connectivity index (χ0v) is 15.7. The van der Waals surface area contributed by atoms with Gasteiger partial charge in [0.05, 0.1) is 16.1 Å². The Labute approximate surface area is 111 Å². The molecule has 1 aliphatic rings. The molecule has 0 amide bonds. The minimum absolute atomic E-state index is 0.515. The van der Waals surface area contributed by atoms with Crippen molar-refractivity contribution < 1.29 is 0 Å². The van der Waals surface area contributed by atoms with Crippen molar-refractivity contribution in [1.29, 1.82) is 0 Å². The maximum absolute atomic E-state index is 2.50. The lowest BCUT2D eigenvalue weighted by Crippen LogP contribution is -2.39. The monoisotopic (exact) mass is 268 g/mol. The summed E-state index contributed by atoms with van der Waals surface area (Å²) in [6.45, 7) is 24.8. The van der Waals surface area contributed by atoms with E-state index in [2.05, 4.69) is 68.1 Å². The molecule has 0 N–H and O–H groups in total. The molecule has 0 aromatic carbocycles. The van der Waals surface area contributed by atoms with Crippen LogP contribution >= 0.6 is 0 Å². The van der Waals surface area contributed by atoms with Crippen molar-refractivity contribution in [3.8, 4) is 0 Å². The highest BCUT2D eigenvalue weighted by atomic mass is 28.3. The normalized spacial score (nSPS) is 23.6. The third-order valence-corrected chi connectivity index (χ3v) is 14.9. The van der Waals surface area contributed by atoms with E-state index in [-0.39, 0.29) is 0 Å². The van der Waals surface area contributed by atoms with Gasteiger partial charge < -0.3 is 0 Å². The van der Waals surface area contributed by atoms with Crippen LogP contribution < -0.4 is 0 Å². The molecule has 0 aromatic heterocycles. The van der Waals surface area contributed by atoms with E-state index >= 15 is 0 Å². The van der Waals surface area contributed by atoms with Crippen molar-refractivity contribution in [3.63, 3.8) is 0 Å². The molecule has 1 fully saturated rings. The van der Waals surface area contributed by atoms with Gasteiger partial charge in [-0.3, -0.25) is 0 Å².